The molecule has 0 fully saturated rings. The molecule has 0 saturated carbocycles. The molecule has 0 aromatic rings. The largest absolute Gasteiger partial charge is 0.472 e. The number of carbonyl (C=O) groups is 4. The van der Waals surface area contributed by atoms with Gasteiger partial charge in [-0.1, -0.05) is 318 Å². The third-order valence-corrected chi connectivity index (χ3v) is 18.6. The Morgan fingerprint density at radius 2 is 0.505 bits per heavy atom. The van der Waals surface area contributed by atoms with E-state index in [9.17, 15) is 43.2 Å². The molecule has 0 saturated heterocycles. The Hall–Kier alpha value is -1.94. The van der Waals surface area contributed by atoms with Crippen molar-refractivity contribution in [1.82, 2.24) is 0 Å². The molecule has 0 aliphatic carbocycles. The summed E-state index contributed by atoms with van der Waals surface area (Å²) in [4.78, 5) is 72.5. The quantitative estimate of drug-likeness (QED) is 0.0222. The summed E-state index contributed by atoms with van der Waals surface area (Å²) in [7, 11) is -9.90. The highest BCUT2D eigenvalue weighted by Gasteiger charge is 2.30. The minimum atomic E-state index is -4.95. The van der Waals surface area contributed by atoms with E-state index in [1.165, 1.54) is 180 Å². The van der Waals surface area contributed by atoms with Gasteiger partial charge in [0.25, 0.3) is 0 Å². The van der Waals surface area contributed by atoms with E-state index in [1.807, 2.05) is 0 Å². The second-order valence-corrected chi connectivity index (χ2v) is 29.8. The molecule has 17 nitrogen and oxygen atoms in total. The second kappa shape index (κ2) is 64.1. The zero-order valence-corrected chi connectivity index (χ0v) is 60.9. The van der Waals surface area contributed by atoms with Crippen molar-refractivity contribution in [3.63, 3.8) is 0 Å². The molecular weight excluding hydrogens is 1200 g/mol. The second-order valence-electron chi connectivity index (χ2n) is 26.9. The van der Waals surface area contributed by atoms with Gasteiger partial charge < -0.3 is 33.8 Å². The van der Waals surface area contributed by atoms with Gasteiger partial charge in [-0.15, -0.1) is 0 Å². The SMILES string of the molecule is CCCCCCCCCCCCCCCCCCCCCCCC(=O)O[C@H](COC(=O)CCCCCCCCCCCCC)COP(=O)(O)OC[C@@H](O)COP(=O)(O)OC[C@@H](COC(=O)CCCCCCCCC(C)C)OC(=O)CCCCCCCCCC(C)C. The van der Waals surface area contributed by atoms with Crippen molar-refractivity contribution < 1.29 is 80.2 Å². The van der Waals surface area contributed by atoms with Crippen LogP contribution in [-0.4, -0.2) is 96.7 Å². The summed E-state index contributed by atoms with van der Waals surface area (Å²) in [6.45, 7) is 9.40. The van der Waals surface area contributed by atoms with Crippen molar-refractivity contribution >= 4 is 39.5 Å². The van der Waals surface area contributed by atoms with Crippen LogP contribution in [0.3, 0.4) is 0 Å². The first-order chi connectivity index (χ1) is 43.9. The van der Waals surface area contributed by atoms with Gasteiger partial charge in [0, 0.05) is 25.7 Å². The van der Waals surface area contributed by atoms with Crippen LogP contribution in [0.2, 0.25) is 0 Å². The Kier molecular flexibility index (Phi) is 62.7. The van der Waals surface area contributed by atoms with Gasteiger partial charge in [0.05, 0.1) is 26.4 Å². The number of hydrogen-bond donors (Lipinski definition) is 3. The van der Waals surface area contributed by atoms with Gasteiger partial charge in [-0.2, -0.15) is 0 Å². The number of hydrogen-bond acceptors (Lipinski definition) is 15. The number of carbonyl (C=O) groups excluding carboxylic acids is 4. The first kappa shape index (κ1) is 89.1. The normalized spacial score (nSPS) is 14.1. The lowest BCUT2D eigenvalue weighted by Crippen LogP contribution is -2.30. The van der Waals surface area contributed by atoms with Gasteiger partial charge in [-0.05, 0) is 37.5 Å². The molecule has 0 aliphatic rings. The van der Waals surface area contributed by atoms with Crippen molar-refractivity contribution in [2.45, 2.75) is 387 Å². The minimum absolute atomic E-state index is 0.103. The summed E-state index contributed by atoms with van der Waals surface area (Å²) in [5.74, 6) is -0.752. The lowest BCUT2D eigenvalue weighted by atomic mass is 10.0. The molecule has 0 aromatic heterocycles. The molecule has 0 aliphatic heterocycles. The molecule has 0 radical (unpaired) electrons. The zero-order valence-electron chi connectivity index (χ0n) is 59.1. The molecule has 0 heterocycles. The van der Waals surface area contributed by atoms with Gasteiger partial charge in [-0.3, -0.25) is 37.3 Å². The molecule has 0 spiro atoms. The van der Waals surface area contributed by atoms with Crippen LogP contribution in [0, 0.1) is 11.8 Å². The molecule has 3 N–H and O–H groups in total. The molecule has 540 valence electrons. The number of esters is 4. The number of aliphatic hydroxyl groups excluding tert-OH is 1. The van der Waals surface area contributed by atoms with Crippen LogP contribution in [0.1, 0.15) is 369 Å². The van der Waals surface area contributed by atoms with Gasteiger partial charge >= 0.3 is 39.5 Å². The van der Waals surface area contributed by atoms with Gasteiger partial charge in [0.1, 0.15) is 19.3 Å². The van der Waals surface area contributed by atoms with Crippen LogP contribution in [0.15, 0.2) is 0 Å². The monoisotopic (exact) mass is 1340 g/mol. The van der Waals surface area contributed by atoms with E-state index in [0.717, 1.165) is 96.3 Å². The fourth-order valence-electron chi connectivity index (χ4n) is 10.9. The first-order valence-electron chi connectivity index (χ1n) is 37.5. The Bertz CT molecular complexity index is 1770. The number of aliphatic hydroxyl groups is 1. The first-order valence-corrected chi connectivity index (χ1v) is 40.5. The summed E-state index contributed by atoms with van der Waals surface area (Å²) in [5, 5.41) is 10.6. The summed E-state index contributed by atoms with van der Waals surface area (Å²) < 4.78 is 68.2. The van der Waals surface area contributed by atoms with Crippen LogP contribution >= 0.6 is 15.6 Å². The van der Waals surface area contributed by atoms with Gasteiger partial charge in [0.15, 0.2) is 12.2 Å². The molecule has 5 atom stereocenters. The standard InChI is InChI=1S/C72H140O17P2/c1-7-9-11-13-15-17-19-20-21-22-23-24-25-26-27-28-30-32-36-44-50-56-71(76)88-67(60-82-69(74)54-48-42-35-31-29-18-16-14-12-10-8-2)62-86-90(78,79)84-58-66(73)59-85-91(80,81)87-63-68(61-83-70(75)55-49-43-39-38-41-47-53-65(5)6)89-72(77)57-51-45-37-33-34-40-46-52-64(3)4/h64-68,73H,7-63H2,1-6H3,(H,78,79)(H,80,81)/t66-,67-,68-/m1/s1. The van der Waals surface area contributed by atoms with Crippen molar-refractivity contribution in [2.75, 3.05) is 39.6 Å². The van der Waals surface area contributed by atoms with E-state index in [2.05, 4.69) is 41.5 Å². The average molecular weight is 1340 g/mol. The Morgan fingerprint density at radius 3 is 0.747 bits per heavy atom. The lowest BCUT2D eigenvalue weighted by molar-refractivity contribution is -0.161. The third kappa shape index (κ3) is 66.5. The van der Waals surface area contributed by atoms with Crippen LogP contribution in [0.25, 0.3) is 0 Å². The number of phosphoric acid groups is 2. The van der Waals surface area contributed by atoms with Crippen molar-refractivity contribution in [2.24, 2.45) is 11.8 Å². The Labute approximate surface area is 556 Å². The molecule has 0 rings (SSSR count). The predicted octanol–water partition coefficient (Wildman–Crippen LogP) is 20.8. The molecule has 2 unspecified atom stereocenters. The van der Waals surface area contributed by atoms with Crippen LogP contribution in [0.5, 0.6) is 0 Å². The van der Waals surface area contributed by atoms with E-state index in [0.29, 0.717) is 37.5 Å². The number of phosphoric ester groups is 2. The van der Waals surface area contributed by atoms with E-state index in [1.54, 1.807) is 0 Å². The van der Waals surface area contributed by atoms with E-state index in [4.69, 9.17) is 37.0 Å². The topological polar surface area (TPSA) is 237 Å². The van der Waals surface area contributed by atoms with Gasteiger partial charge in [-0.25, -0.2) is 9.13 Å². The summed E-state index contributed by atoms with van der Waals surface area (Å²) in [6.07, 6.45) is 50.4. The summed E-state index contributed by atoms with van der Waals surface area (Å²) >= 11 is 0. The van der Waals surface area contributed by atoms with Gasteiger partial charge in [0.2, 0.25) is 0 Å². The number of ether oxygens (including phenoxy) is 4. The summed E-state index contributed by atoms with van der Waals surface area (Å²) in [5.41, 5.74) is 0. The third-order valence-electron chi connectivity index (χ3n) is 16.7. The maximum Gasteiger partial charge on any atom is 0.472 e. The molecule has 91 heavy (non-hydrogen) atoms. The fourth-order valence-corrected chi connectivity index (χ4v) is 12.5. The Morgan fingerprint density at radius 1 is 0.297 bits per heavy atom. The lowest BCUT2D eigenvalue weighted by Gasteiger charge is -2.21. The van der Waals surface area contributed by atoms with E-state index < -0.39 is 97.5 Å². The zero-order chi connectivity index (χ0) is 67.2. The van der Waals surface area contributed by atoms with Crippen molar-refractivity contribution in [1.29, 1.82) is 0 Å². The smallest absolute Gasteiger partial charge is 0.462 e. The van der Waals surface area contributed by atoms with Crippen LogP contribution in [-0.2, 0) is 65.4 Å². The van der Waals surface area contributed by atoms with Crippen LogP contribution < -0.4 is 0 Å². The van der Waals surface area contributed by atoms with E-state index >= 15 is 0 Å². The number of unbranched alkanes of at least 4 members (excludes halogenated alkanes) is 41. The van der Waals surface area contributed by atoms with Crippen molar-refractivity contribution in [3.05, 3.63) is 0 Å². The maximum absolute atomic E-state index is 13.0. The predicted molar refractivity (Wildman–Crippen MR) is 368 cm³/mol. The molecule has 0 aromatic carbocycles. The molecular formula is C72H140O17P2. The minimum Gasteiger partial charge on any atom is -0.462 e. The number of rotatable bonds is 71. The highest BCUT2D eigenvalue weighted by Crippen LogP contribution is 2.45. The fraction of sp³-hybridized carbons (Fsp3) is 0.944. The van der Waals surface area contributed by atoms with Crippen molar-refractivity contribution in [3.8, 4) is 0 Å². The van der Waals surface area contributed by atoms with E-state index in [-0.39, 0.29) is 25.7 Å². The highest BCUT2D eigenvalue weighted by molar-refractivity contribution is 7.47. The summed E-state index contributed by atoms with van der Waals surface area (Å²) in [6, 6.07) is 0. The average Bonchev–Trinajstić information content (AvgIpc) is 3.73. The molecule has 0 amide bonds. The molecule has 19 heteroatoms. The van der Waals surface area contributed by atoms with Crippen LogP contribution in [0.4, 0.5) is 0 Å². The molecule has 0 bridgehead atoms. The Balaban J connectivity index is 5.15. The maximum atomic E-state index is 13.0. The highest BCUT2D eigenvalue weighted by atomic mass is 31.2.